The first-order valence-corrected chi connectivity index (χ1v) is 6.61. The molecule has 0 aliphatic heterocycles. The predicted octanol–water partition coefficient (Wildman–Crippen LogP) is 3.50. The molecule has 2 aromatic carbocycles. The molecular formula is C17H20O3. The molecule has 0 aromatic heterocycles. The molecule has 0 amide bonds. The minimum Gasteiger partial charge on any atom is -0.497 e. The van der Waals surface area contributed by atoms with Crippen LogP contribution >= 0.6 is 0 Å². The van der Waals surface area contributed by atoms with Crippen LogP contribution < -0.4 is 14.2 Å². The second kappa shape index (κ2) is 6.85. The van der Waals surface area contributed by atoms with Gasteiger partial charge in [-0.05, 0) is 42.2 Å². The van der Waals surface area contributed by atoms with Crippen molar-refractivity contribution in [2.45, 2.75) is 12.8 Å². The van der Waals surface area contributed by atoms with Crippen LogP contribution in [-0.2, 0) is 12.8 Å². The normalized spacial score (nSPS) is 10.2. The maximum absolute atomic E-state index is 5.45. The molecule has 0 atom stereocenters. The molecule has 0 unspecified atom stereocenters. The third kappa shape index (κ3) is 3.23. The number of hydrogen-bond acceptors (Lipinski definition) is 3. The highest BCUT2D eigenvalue weighted by Gasteiger charge is 2.09. The molecule has 106 valence electrons. The van der Waals surface area contributed by atoms with E-state index >= 15 is 0 Å². The van der Waals surface area contributed by atoms with Crippen LogP contribution in [0.2, 0.25) is 0 Å². The van der Waals surface area contributed by atoms with E-state index in [0.717, 1.165) is 35.7 Å². The summed E-state index contributed by atoms with van der Waals surface area (Å²) in [5.74, 6) is 2.48. The topological polar surface area (TPSA) is 27.7 Å². The van der Waals surface area contributed by atoms with E-state index in [1.165, 1.54) is 5.56 Å². The Balaban J connectivity index is 2.10. The van der Waals surface area contributed by atoms with Crippen LogP contribution in [0, 0.1) is 0 Å². The van der Waals surface area contributed by atoms with Gasteiger partial charge in [-0.3, -0.25) is 0 Å². The lowest BCUT2D eigenvalue weighted by molar-refractivity contribution is 0.351. The summed E-state index contributed by atoms with van der Waals surface area (Å²) in [4.78, 5) is 0. The van der Waals surface area contributed by atoms with E-state index in [2.05, 4.69) is 18.2 Å². The Bertz CT molecular complexity index is 547. The highest BCUT2D eigenvalue weighted by atomic mass is 16.5. The third-order valence-electron chi connectivity index (χ3n) is 3.33. The summed E-state index contributed by atoms with van der Waals surface area (Å²) < 4.78 is 15.9. The van der Waals surface area contributed by atoms with Crippen LogP contribution in [0.4, 0.5) is 0 Å². The number of hydrogen-bond donors (Lipinski definition) is 0. The first kappa shape index (κ1) is 14.3. The second-order valence-electron chi connectivity index (χ2n) is 4.50. The van der Waals surface area contributed by atoms with Crippen LogP contribution in [0.25, 0.3) is 0 Å². The smallest absolute Gasteiger partial charge is 0.163 e. The van der Waals surface area contributed by atoms with E-state index in [9.17, 15) is 0 Å². The van der Waals surface area contributed by atoms with Crippen molar-refractivity contribution in [3.8, 4) is 17.2 Å². The summed E-state index contributed by atoms with van der Waals surface area (Å²) in [7, 11) is 5.01. The summed E-state index contributed by atoms with van der Waals surface area (Å²) in [5, 5.41) is 0. The van der Waals surface area contributed by atoms with Gasteiger partial charge in [-0.25, -0.2) is 0 Å². The Hall–Kier alpha value is -2.16. The van der Waals surface area contributed by atoms with E-state index in [4.69, 9.17) is 14.2 Å². The van der Waals surface area contributed by atoms with Gasteiger partial charge in [0.2, 0.25) is 0 Å². The van der Waals surface area contributed by atoms with Gasteiger partial charge < -0.3 is 14.2 Å². The molecule has 0 radical (unpaired) electrons. The quantitative estimate of drug-likeness (QED) is 0.805. The molecule has 0 heterocycles. The molecule has 2 aromatic rings. The van der Waals surface area contributed by atoms with E-state index in [0.29, 0.717) is 0 Å². The second-order valence-corrected chi connectivity index (χ2v) is 4.50. The Morgan fingerprint density at radius 1 is 0.750 bits per heavy atom. The summed E-state index contributed by atoms with van der Waals surface area (Å²) in [5.41, 5.74) is 2.43. The predicted molar refractivity (Wildman–Crippen MR) is 79.9 cm³/mol. The van der Waals surface area contributed by atoms with Gasteiger partial charge in [-0.15, -0.1) is 0 Å². The number of rotatable bonds is 6. The highest BCUT2D eigenvalue weighted by Crippen LogP contribution is 2.31. The van der Waals surface area contributed by atoms with Crippen molar-refractivity contribution in [2.24, 2.45) is 0 Å². The van der Waals surface area contributed by atoms with E-state index in [1.807, 2.05) is 24.3 Å². The maximum Gasteiger partial charge on any atom is 0.163 e. The van der Waals surface area contributed by atoms with Crippen LogP contribution in [0.5, 0.6) is 17.2 Å². The first-order valence-electron chi connectivity index (χ1n) is 6.61. The van der Waals surface area contributed by atoms with E-state index in [1.54, 1.807) is 21.3 Å². The Morgan fingerprint density at radius 2 is 1.50 bits per heavy atom. The highest BCUT2D eigenvalue weighted by molar-refractivity contribution is 5.47. The van der Waals surface area contributed by atoms with Gasteiger partial charge in [0.05, 0.1) is 21.3 Å². The Morgan fingerprint density at radius 3 is 2.10 bits per heavy atom. The molecule has 0 fully saturated rings. The Labute approximate surface area is 120 Å². The zero-order chi connectivity index (χ0) is 14.4. The zero-order valence-corrected chi connectivity index (χ0v) is 12.2. The average molecular weight is 272 g/mol. The molecule has 0 saturated heterocycles. The van der Waals surface area contributed by atoms with Gasteiger partial charge in [0.25, 0.3) is 0 Å². The minimum atomic E-state index is 0.778. The van der Waals surface area contributed by atoms with Crippen LogP contribution in [0.1, 0.15) is 11.1 Å². The summed E-state index contributed by atoms with van der Waals surface area (Å²) in [6, 6.07) is 14.1. The molecule has 0 aliphatic rings. The fourth-order valence-corrected chi connectivity index (χ4v) is 2.22. The van der Waals surface area contributed by atoms with Gasteiger partial charge >= 0.3 is 0 Å². The van der Waals surface area contributed by atoms with E-state index < -0.39 is 0 Å². The third-order valence-corrected chi connectivity index (χ3v) is 3.33. The van der Waals surface area contributed by atoms with Crippen LogP contribution in [0.15, 0.2) is 42.5 Å². The van der Waals surface area contributed by atoms with Crippen molar-refractivity contribution in [2.75, 3.05) is 21.3 Å². The SMILES string of the molecule is COc1ccc(CCc2cccc(OC)c2OC)cc1. The van der Waals surface area contributed by atoms with Crippen LogP contribution in [-0.4, -0.2) is 21.3 Å². The van der Waals surface area contributed by atoms with Crippen molar-refractivity contribution in [1.29, 1.82) is 0 Å². The fourth-order valence-electron chi connectivity index (χ4n) is 2.22. The van der Waals surface area contributed by atoms with Gasteiger partial charge in [0.1, 0.15) is 5.75 Å². The van der Waals surface area contributed by atoms with Gasteiger partial charge in [0, 0.05) is 0 Å². The van der Waals surface area contributed by atoms with E-state index in [-0.39, 0.29) is 0 Å². The lowest BCUT2D eigenvalue weighted by Gasteiger charge is -2.12. The largest absolute Gasteiger partial charge is 0.497 e. The number of aryl methyl sites for hydroxylation is 2. The average Bonchev–Trinajstić information content (AvgIpc) is 2.52. The molecule has 0 N–H and O–H groups in total. The minimum absolute atomic E-state index is 0.778. The molecule has 3 heteroatoms. The number of ether oxygens (including phenoxy) is 3. The van der Waals surface area contributed by atoms with Crippen molar-refractivity contribution in [3.63, 3.8) is 0 Å². The van der Waals surface area contributed by atoms with Crippen molar-refractivity contribution < 1.29 is 14.2 Å². The van der Waals surface area contributed by atoms with Crippen molar-refractivity contribution in [1.82, 2.24) is 0 Å². The molecule has 0 aliphatic carbocycles. The van der Waals surface area contributed by atoms with Gasteiger partial charge in [-0.1, -0.05) is 24.3 Å². The monoisotopic (exact) mass is 272 g/mol. The van der Waals surface area contributed by atoms with Gasteiger partial charge in [0.15, 0.2) is 11.5 Å². The summed E-state index contributed by atoms with van der Waals surface area (Å²) >= 11 is 0. The molecule has 3 nitrogen and oxygen atoms in total. The van der Waals surface area contributed by atoms with Crippen molar-refractivity contribution >= 4 is 0 Å². The first-order chi connectivity index (χ1) is 9.78. The number of para-hydroxylation sites is 1. The molecule has 20 heavy (non-hydrogen) atoms. The standard InChI is InChI=1S/C17H20O3/c1-18-15-11-8-13(9-12-15)7-10-14-5-4-6-16(19-2)17(14)20-3/h4-6,8-9,11-12H,7,10H2,1-3H3. The molecule has 2 rings (SSSR count). The lowest BCUT2D eigenvalue weighted by atomic mass is 10.0. The summed E-state index contributed by atoms with van der Waals surface area (Å²) in [6.07, 6.45) is 1.86. The van der Waals surface area contributed by atoms with Gasteiger partial charge in [-0.2, -0.15) is 0 Å². The number of benzene rings is 2. The molecule has 0 spiro atoms. The Kier molecular flexibility index (Phi) is 4.88. The zero-order valence-electron chi connectivity index (χ0n) is 12.2. The van der Waals surface area contributed by atoms with Crippen molar-refractivity contribution in [3.05, 3.63) is 53.6 Å². The fraction of sp³-hybridized carbons (Fsp3) is 0.294. The molecule has 0 bridgehead atoms. The molecule has 0 saturated carbocycles. The van der Waals surface area contributed by atoms with Crippen LogP contribution in [0.3, 0.4) is 0 Å². The molecular weight excluding hydrogens is 252 g/mol. The number of methoxy groups -OCH3 is 3. The lowest BCUT2D eigenvalue weighted by Crippen LogP contribution is -1.98. The summed E-state index contributed by atoms with van der Waals surface area (Å²) in [6.45, 7) is 0. The maximum atomic E-state index is 5.45.